The van der Waals surface area contributed by atoms with Crippen molar-refractivity contribution in [3.63, 3.8) is 0 Å². The van der Waals surface area contributed by atoms with Gasteiger partial charge in [0.1, 0.15) is 23.9 Å². The molecule has 0 fully saturated rings. The molecule has 3 aromatic rings. The van der Waals surface area contributed by atoms with Gasteiger partial charge in [0.25, 0.3) is 5.91 Å². The molecule has 0 atom stereocenters. The standard InChI is InChI=1S/C20H19FN4O2/c1-14-5-6-15(11-22-14)20(26)24-7-8-25-18(12-24)10-17(23-25)13-27-19-4-2-3-16(21)9-19/h2-6,9-11H,7-8,12-13H2,1H3. The quantitative estimate of drug-likeness (QED) is 0.712. The number of halogens is 1. The molecule has 138 valence electrons. The third-order valence-electron chi connectivity index (χ3n) is 4.48. The maximum Gasteiger partial charge on any atom is 0.255 e. The zero-order valence-electron chi connectivity index (χ0n) is 14.9. The molecule has 6 nitrogen and oxygen atoms in total. The fourth-order valence-electron chi connectivity index (χ4n) is 3.06. The van der Waals surface area contributed by atoms with E-state index in [-0.39, 0.29) is 18.3 Å². The molecule has 1 amide bonds. The molecule has 0 bridgehead atoms. The Kier molecular flexibility index (Phi) is 4.58. The maximum absolute atomic E-state index is 13.2. The first-order valence-corrected chi connectivity index (χ1v) is 8.74. The molecule has 0 N–H and O–H groups in total. The number of hydrogen-bond donors (Lipinski definition) is 0. The Labute approximate surface area is 156 Å². The average Bonchev–Trinajstić information content (AvgIpc) is 3.08. The number of carbonyl (C=O) groups is 1. The largest absolute Gasteiger partial charge is 0.487 e. The van der Waals surface area contributed by atoms with Crippen LogP contribution in [-0.2, 0) is 19.7 Å². The van der Waals surface area contributed by atoms with Crippen molar-refractivity contribution in [2.24, 2.45) is 0 Å². The van der Waals surface area contributed by atoms with Gasteiger partial charge in [0.2, 0.25) is 0 Å². The molecule has 7 heteroatoms. The van der Waals surface area contributed by atoms with Gasteiger partial charge in [0.15, 0.2) is 0 Å². The first-order valence-electron chi connectivity index (χ1n) is 8.74. The summed E-state index contributed by atoms with van der Waals surface area (Å²) in [7, 11) is 0. The fraction of sp³-hybridized carbons (Fsp3) is 0.250. The predicted octanol–water partition coefficient (Wildman–Crippen LogP) is 2.96. The van der Waals surface area contributed by atoms with Gasteiger partial charge in [-0.25, -0.2) is 4.39 Å². The zero-order chi connectivity index (χ0) is 18.8. The van der Waals surface area contributed by atoms with E-state index in [0.29, 0.717) is 30.9 Å². The molecule has 0 radical (unpaired) electrons. The topological polar surface area (TPSA) is 60.2 Å². The fourth-order valence-corrected chi connectivity index (χ4v) is 3.06. The zero-order valence-corrected chi connectivity index (χ0v) is 14.9. The Hall–Kier alpha value is -3.22. The molecular formula is C20H19FN4O2. The van der Waals surface area contributed by atoms with Crippen LogP contribution in [0.25, 0.3) is 0 Å². The molecule has 0 saturated carbocycles. The van der Waals surface area contributed by atoms with Gasteiger partial charge in [0.05, 0.1) is 24.3 Å². The first kappa shape index (κ1) is 17.2. The van der Waals surface area contributed by atoms with E-state index in [0.717, 1.165) is 17.1 Å². The van der Waals surface area contributed by atoms with Gasteiger partial charge in [-0.3, -0.25) is 14.5 Å². The minimum Gasteiger partial charge on any atom is -0.487 e. The summed E-state index contributed by atoms with van der Waals surface area (Å²) >= 11 is 0. The normalized spacial score (nSPS) is 13.3. The highest BCUT2D eigenvalue weighted by Gasteiger charge is 2.23. The van der Waals surface area contributed by atoms with Crippen molar-refractivity contribution in [3.05, 3.63) is 77.1 Å². The molecule has 1 aromatic carbocycles. The SMILES string of the molecule is Cc1ccc(C(=O)N2CCn3nc(COc4cccc(F)c4)cc3C2)cn1. The number of ether oxygens (including phenoxy) is 1. The lowest BCUT2D eigenvalue weighted by Gasteiger charge is -2.27. The monoisotopic (exact) mass is 366 g/mol. The Bertz CT molecular complexity index is 968. The van der Waals surface area contributed by atoms with Crippen LogP contribution in [0.2, 0.25) is 0 Å². The van der Waals surface area contributed by atoms with E-state index in [1.54, 1.807) is 29.3 Å². The lowest BCUT2D eigenvalue weighted by molar-refractivity contribution is 0.0705. The predicted molar refractivity (Wildman–Crippen MR) is 96.7 cm³/mol. The summed E-state index contributed by atoms with van der Waals surface area (Å²) in [5.74, 6) is 0.0912. The van der Waals surface area contributed by atoms with Gasteiger partial charge in [0, 0.05) is 24.5 Å². The minimum absolute atomic E-state index is 0.0347. The van der Waals surface area contributed by atoms with Crippen LogP contribution in [0.3, 0.4) is 0 Å². The number of rotatable bonds is 4. The van der Waals surface area contributed by atoms with Gasteiger partial charge < -0.3 is 9.64 Å². The van der Waals surface area contributed by atoms with Gasteiger partial charge in [-0.05, 0) is 37.3 Å². The van der Waals surface area contributed by atoms with Gasteiger partial charge >= 0.3 is 0 Å². The van der Waals surface area contributed by atoms with Gasteiger partial charge in [-0.1, -0.05) is 6.07 Å². The van der Waals surface area contributed by atoms with E-state index < -0.39 is 0 Å². The summed E-state index contributed by atoms with van der Waals surface area (Å²) in [6.07, 6.45) is 1.61. The van der Waals surface area contributed by atoms with Crippen LogP contribution in [0.1, 0.15) is 27.4 Å². The summed E-state index contributed by atoms with van der Waals surface area (Å²) in [4.78, 5) is 18.7. The Morgan fingerprint density at radius 3 is 2.89 bits per heavy atom. The number of carbonyl (C=O) groups excluding carboxylic acids is 1. The third-order valence-corrected chi connectivity index (χ3v) is 4.48. The van der Waals surface area contributed by atoms with E-state index in [4.69, 9.17) is 4.74 Å². The Morgan fingerprint density at radius 1 is 1.22 bits per heavy atom. The van der Waals surface area contributed by atoms with Crippen molar-refractivity contribution in [2.45, 2.75) is 26.6 Å². The average molecular weight is 366 g/mol. The van der Waals surface area contributed by atoms with Crippen molar-refractivity contribution in [1.29, 1.82) is 0 Å². The summed E-state index contributed by atoms with van der Waals surface area (Å²) in [6.45, 7) is 3.84. The lowest BCUT2D eigenvalue weighted by Crippen LogP contribution is -2.38. The number of hydrogen-bond acceptors (Lipinski definition) is 4. The maximum atomic E-state index is 13.2. The molecule has 1 aliphatic rings. The summed E-state index contributed by atoms with van der Waals surface area (Å²) in [6, 6.07) is 11.6. The number of nitrogens with zero attached hydrogens (tertiary/aromatic N) is 4. The van der Waals surface area contributed by atoms with Crippen molar-refractivity contribution >= 4 is 5.91 Å². The minimum atomic E-state index is -0.337. The summed E-state index contributed by atoms with van der Waals surface area (Å²) in [5, 5.41) is 4.51. The second-order valence-electron chi connectivity index (χ2n) is 6.51. The van der Waals surface area contributed by atoms with Gasteiger partial charge in [-0.2, -0.15) is 5.10 Å². The molecule has 1 aliphatic heterocycles. The van der Waals surface area contributed by atoms with E-state index in [2.05, 4.69) is 10.1 Å². The van der Waals surface area contributed by atoms with Gasteiger partial charge in [-0.15, -0.1) is 0 Å². The molecule has 4 rings (SSSR count). The van der Waals surface area contributed by atoms with Crippen LogP contribution in [0.5, 0.6) is 5.75 Å². The molecule has 0 saturated heterocycles. The van der Waals surface area contributed by atoms with E-state index in [1.807, 2.05) is 23.7 Å². The molecule has 3 heterocycles. The first-order chi connectivity index (χ1) is 13.1. The van der Waals surface area contributed by atoms with Crippen LogP contribution in [-0.4, -0.2) is 32.1 Å². The number of fused-ring (bicyclic) bond motifs is 1. The molecule has 2 aromatic heterocycles. The van der Waals surface area contributed by atoms with Crippen LogP contribution < -0.4 is 4.74 Å². The van der Waals surface area contributed by atoms with E-state index >= 15 is 0 Å². The van der Waals surface area contributed by atoms with Crippen molar-refractivity contribution in [3.8, 4) is 5.75 Å². The van der Waals surface area contributed by atoms with E-state index in [9.17, 15) is 9.18 Å². The lowest BCUT2D eigenvalue weighted by atomic mass is 10.2. The number of benzene rings is 1. The van der Waals surface area contributed by atoms with Crippen molar-refractivity contribution in [1.82, 2.24) is 19.7 Å². The van der Waals surface area contributed by atoms with Crippen molar-refractivity contribution < 1.29 is 13.9 Å². The molecule has 27 heavy (non-hydrogen) atoms. The van der Waals surface area contributed by atoms with Crippen LogP contribution in [0.15, 0.2) is 48.7 Å². The second-order valence-corrected chi connectivity index (χ2v) is 6.51. The molecule has 0 spiro atoms. The third kappa shape index (κ3) is 3.81. The van der Waals surface area contributed by atoms with E-state index in [1.165, 1.54) is 12.1 Å². The molecule has 0 aliphatic carbocycles. The molecule has 0 unspecified atom stereocenters. The number of amides is 1. The van der Waals surface area contributed by atoms with Crippen LogP contribution in [0.4, 0.5) is 4.39 Å². The summed E-state index contributed by atoms with van der Waals surface area (Å²) < 4.78 is 20.7. The number of aromatic nitrogens is 3. The molecular weight excluding hydrogens is 347 g/mol. The smallest absolute Gasteiger partial charge is 0.255 e. The highest BCUT2D eigenvalue weighted by atomic mass is 19.1. The van der Waals surface area contributed by atoms with Crippen LogP contribution >= 0.6 is 0 Å². The second kappa shape index (κ2) is 7.19. The number of pyridine rings is 1. The van der Waals surface area contributed by atoms with Crippen LogP contribution in [0, 0.1) is 12.7 Å². The Balaban J connectivity index is 1.42. The highest BCUT2D eigenvalue weighted by Crippen LogP contribution is 2.18. The number of aryl methyl sites for hydroxylation is 1. The Morgan fingerprint density at radius 2 is 2.11 bits per heavy atom. The van der Waals surface area contributed by atoms with Crippen molar-refractivity contribution in [2.75, 3.05) is 6.54 Å². The highest BCUT2D eigenvalue weighted by molar-refractivity contribution is 5.93. The summed E-state index contributed by atoms with van der Waals surface area (Å²) in [5.41, 5.74) is 3.17.